The Morgan fingerprint density at radius 2 is 2.17 bits per heavy atom. The van der Waals surface area contributed by atoms with Crippen molar-refractivity contribution >= 4 is 27.6 Å². The summed E-state index contributed by atoms with van der Waals surface area (Å²) >= 11 is 1.46. The summed E-state index contributed by atoms with van der Waals surface area (Å²) in [5.41, 5.74) is 0. The summed E-state index contributed by atoms with van der Waals surface area (Å²) in [5, 5.41) is 1.62. The van der Waals surface area contributed by atoms with Gasteiger partial charge in [0.25, 0.3) is 10.0 Å². The van der Waals surface area contributed by atoms with Gasteiger partial charge in [0.2, 0.25) is 5.09 Å². The van der Waals surface area contributed by atoms with Crippen molar-refractivity contribution in [1.82, 2.24) is 4.72 Å². The monoisotopic (exact) mass is 285 g/mol. The smallest absolute Gasteiger partial charge is 0.274 e. The molecule has 18 heavy (non-hydrogen) atoms. The molecule has 0 saturated heterocycles. The lowest BCUT2D eigenvalue weighted by Crippen LogP contribution is -2.26. The highest BCUT2D eigenvalue weighted by Crippen LogP contribution is 2.21. The second-order valence-corrected chi connectivity index (χ2v) is 6.26. The van der Waals surface area contributed by atoms with Gasteiger partial charge < -0.3 is 4.42 Å². The molecule has 96 valence electrons. The van der Waals surface area contributed by atoms with E-state index in [1.807, 2.05) is 17.5 Å². The summed E-state index contributed by atoms with van der Waals surface area (Å²) in [6.07, 6.45) is 0.460. The Labute approximate surface area is 108 Å². The highest BCUT2D eigenvalue weighted by Gasteiger charge is 2.22. The van der Waals surface area contributed by atoms with Gasteiger partial charge in [-0.2, -0.15) is 0 Å². The standard InChI is InChI=1S/C11H11NO4S2/c1-8(10-3-2-6-17-10)12-18(14,15)11-5-4-9(7-13)16-11/h2-8,12H,1H3. The number of hydrogen-bond donors (Lipinski definition) is 1. The number of thiophene rings is 1. The molecule has 0 aliphatic heterocycles. The van der Waals surface area contributed by atoms with E-state index in [2.05, 4.69) is 4.72 Å². The molecule has 2 aromatic heterocycles. The van der Waals surface area contributed by atoms with Crippen molar-refractivity contribution in [3.8, 4) is 0 Å². The van der Waals surface area contributed by atoms with Gasteiger partial charge in [0, 0.05) is 4.88 Å². The van der Waals surface area contributed by atoms with E-state index in [0.717, 1.165) is 4.88 Å². The molecule has 0 fully saturated rings. The van der Waals surface area contributed by atoms with Crippen LogP contribution in [-0.2, 0) is 10.0 Å². The molecule has 0 aromatic carbocycles. The number of carbonyl (C=O) groups is 1. The van der Waals surface area contributed by atoms with Gasteiger partial charge in [-0.15, -0.1) is 11.3 Å². The molecule has 0 aliphatic rings. The first-order valence-electron chi connectivity index (χ1n) is 5.13. The maximum absolute atomic E-state index is 12.0. The summed E-state index contributed by atoms with van der Waals surface area (Å²) in [5.74, 6) is -0.0147. The second-order valence-electron chi connectivity index (χ2n) is 3.63. The predicted molar refractivity (Wildman–Crippen MR) is 67.2 cm³/mol. The van der Waals surface area contributed by atoms with E-state index in [0.29, 0.717) is 6.29 Å². The lowest BCUT2D eigenvalue weighted by Gasteiger charge is -2.10. The van der Waals surface area contributed by atoms with Gasteiger partial charge in [0.05, 0.1) is 6.04 Å². The predicted octanol–water partition coefficient (Wildman–Crippen LogP) is 2.19. The summed E-state index contributed by atoms with van der Waals surface area (Å²) in [6.45, 7) is 1.74. The first-order valence-corrected chi connectivity index (χ1v) is 7.50. The Kier molecular flexibility index (Phi) is 3.65. The minimum absolute atomic E-state index is 0.0147. The van der Waals surface area contributed by atoms with Crippen LogP contribution in [0.3, 0.4) is 0 Å². The van der Waals surface area contributed by atoms with Crippen LogP contribution in [0.4, 0.5) is 0 Å². The van der Waals surface area contributed by atoms with Crippen molar-refractivity contribution < 1.29 is 17.6 Å². The maximum Gasteiger partial charge on any atom is 0.274 e. The Bertz CT molecular complexity index is 628. The zero-order chi connectivity index (χ0) is 13.2. The quantitative estimate of drug-likeness (QED) is 0.854. The lowest BCUT2D eigenvalue weighted by molar-refractivity contribution is 0.109. The average molecular weight is 285 g/mol. The van der Waals surface area contributed by atoms with Crippen LogP contribution >= 0.6 is 11.3 Å². The molecule has 2 heterocycles. The van der Waals surface area contributed by atoms with Gasteiger partial charge in [0.15, 0.2) is 12.0 Å². The minimum atomic E-state index is -3.74. The fourth-order valence-corrected chi connectivity index (χ4v) is 3.40. The number of furan rings is 1. The molecule has 7 heteroatoms. The van der Waals surface area contributed by atoms with Gasteiger partial charge in [-0.25, -0.2) is 13.1 Å². The Morgan fingerprint density at radius 3 is 2.72 bits per heavy atom. The van der Waals surface area contributed by atoms with Crippen molar-refractivity contribution in [1.29, 1.82) is 0 Å². The first-order chi connectivity index (χ1) is 8.53. The van der Waals surface area contributed by atoms with Gasteiger partial charge in [0.1, 0.15) is 0 Å². The fraction of sp³-hybridized carbons (Fsp3) is 0.182. The topological polar surface area (TPSA) is 76.4 Å². The Balaban J connectivity index is 2.19. The van der Waals surface area contributed by atoms with Crippen LogP contribution in [0.5, 0.6) is 0 Å². The van der Waals surface area contributed by atoms with Crippen molar-refractivity contribution in [2.24, 2.45) is 0 Å². The van der Waals surface area contributed by atoms with Crippen LogP contribution in [0.1, 0.15) is 28.4 Å². The third-order valence-corrected chi connectivity index (χ3v) is 4.75. The summed E-state index contributed by atoms with van der Waals surface area (Å²) in [4.78, 5) is 11.4. The van der Waals surface area contributed by atoms with Gasteiger partial charge >= 0.3 is 0 Å². The average Bonchev–Trinajstić information content (AvgIpc) is 3.00. The van der Waals surface area contributed by atoms with E-state index in [4.69, 9.17) is 4.42 Å². The number of rotatable bonds is 5. The molecule has 2 rings (SSSR count). The number of nitrogens with one attached hydrogen (secondary N) is 1. The zero-order valence-electron chi connectivity index (χ0n) is 9.49. The largest absolute Gasteiger partial charge is 0.440 e. The summed E-state index contributed by atoms with van der Waals surface area (Å²) in [7, 11) is -3.74. The van der Waals surface area contributed by atoms with Crippen LogP contribution in [0, 0.1) is 0 Å². The van der Waals surface area contributed by atoms with E-state index < -0.39 is 10.0 Å². The molecule has 1 N–H and O–H groups in total. The van der Waals surface area contributed by atoms with Crippen molar-refractivity contribution in [2.45, 2.75) is 18.1 Å². The number of sulfonamides is 1. The fourth-order valence-electron chi connectivity index (χ4n) is 1.43. The SMILES string of the molecule is CC(NS(=O)(=O)c1ccc(C=O)o1)c1cccs1. The molecule has 0 aliphatic carbocycles. The van der Waals surface area contributed by atoms with Crippen molar-refractivity contribution in [3.63, 3.8) is 0 Å². The molecular weight excluding hydrogens is 274 g/mol. The first kappa shape index (κ1) is 13.0. The Morgan fingerprint density at radius 1 is 1.39 bits per heavy atom. The molecule has 1 unspecified atom stereocenters. The second kappa shape index (κ2) is 5.05. The van der Waals surface area contributed by atoms with Gasteiger partial charge in [-0.05, 0) is 30.5 Å². The van der Waals surface area contributed by atoms with Gasteiger partial charge in [-0.3, -0.25) is 4.79 Å². The summed E-state index contributed by atoms with van der Waals surface area (Å²) in [6, 6.07) is 5.92. The molecule has 5 nitrogen and oxygen atoms in total. The van der Waals surface area contributed by atoms with Crippen LogP contribution in [0.2, 0.25) is 0 Å². The van der Waals surface area contributed by atoms with Crippen LogP contribution in [-0.4, -0.2) is 14.7 Å². The van der Waals surface area contributed by atoms with Crippen LogP contribution in [0.25, 0.3) is 0 Å². The van der Waals surface area contributed by atoms with Crippen molar-refractivity contribution in [2.75, 3.05) is 0 Å². The zero-order valence-corrected chi connectivity index (χ0v) is 11.1. The molecule has 0 spiro atoms. The maximum atomic E-state index is 12.0. The number of carbonyl (C=O) groups excluding carboxylic acids is 1. The third kappa shape index (κ3) is 2.69. The van der Waals surface area contributed by atoms with Crippen LogP contribution in [0.15, 0.2) is 39.2 Å². The molecule has 0 saturated carbocycles. The highest BCUT2D eigenvalue weighted by atomic mass is 32.2. The molecular formula is C11H11NO4S2. The molecule has 1 atom stereocenters. The summed E-state index contributed by atoms with van der Waals surface area (Å²) < 4.78 is 31.3. The third-order valence-electron chi connectivity index (χ3n) is 2.29. The molecule has 2 aromatic rings. The molecule has 0 radical (unpaired) electrons. The molecule has 0 amide bonds. The number of aldehydes is 1. The minimum Gasteiger partial charge on any atom is -0.440 e. The van der Waals surface area contributed by atoms with Crippen molar-refractivity contribution in [3.05, 3.63) is 40.3 Å². The number of hydrogen-bond acceptors (Lipinski definition) is 5. The lowest BCUT2D eigenvalue weighted by atomic mass is 10.3. The van der Waals surface area contributed by atoms with E-state index in [-0.39, 0.29) is 16.9 Å². The van der Waals surface area contributed by atoms with E-state index >= 15 is 0 Å². The van der Waals surface area contributed by atoms with E-state index in [1.54, 1.807) is 6.92 Å². The van der Waals surface area contributed by atoms with E-state index in [9.17, 15) is 13.2 Å². The van der Waals surface area contributed by atoms with Gasteiger partial charge in [-0.1, -0.05) is 6.07 Å². The van der Waals surface area contributed by atoms with Crippen LogP contribution < -0.4 is 4.72 Å². The van der Waals surface area contributed by atoms with E-state index in [1.165, 1.54) is 23.5 Å². The highest BCUT2D eigenvalue weighted by molar-refractivity contribution is 7.89. The normalized spacial score (nSPS) is 13.4. The Hall–Kier alpha value is -1.44. The molecule has 0 bridgehead atoms.